The lowest BCUT2D eigenvalue weighted by Gasteiger charge is -2.35. The molecule has 1 aliphatic rings. The quantitative estimate of drug-likeness (QED) is 0.860. The summed E-state index contributed by atoms with van der Waals surface area (Å²) in [6.07, 6.45) is 4.01. The van der Waals surface area contributed by atoms with Crippen molar-refractivity contribution in [3.63, 3.8) is 0 Å². The molecule has 1 atom stereocenters. The maximum atomic E-state index is 6.32. The maximum absolute atomic E-state index is 6.32. The fourth-order valence-electron chi connectivity index (χ4n) is 2.28. The van der Waals surface area contributed by atoms with Crippen molar-refractivity contribution in [2.45, 2.75) is 32.2 Å². The zero-order valence-electron chi connectivity index (χ0n) is 9.47. The van der Waals surface area contributed by atoms with Gasteiger partial charge < -0.3 is 5.32 Å². The van der Waals surface area contributed by atoms with Crippen molar-refractivity contribution in [1.82, 2.24) is 5.32 Å². The summed E-state index contributed by atoms with van der Waals surface area (Å²) in [6, 6.07) is 6.63. The predicted molar refractivity (Wildman–Crippen MR) is 72.9 cm³/mol. The minimum Gasteiger partial charge on any atom is -0.310 e. The predicted octanol–water partition coefficient (Wildman–Crippen LogP) is 4.55. The third kappa shape index (κ3) is 2.61. The second-order valence-corrected chi connectivity index (χ2v) is 5.72. The van der Waals surface area contributed by atoms with Crippen molar-refractivity contribution in [2.24, 2.45) is 5.92 Å². The van der Waals surface area contributed by atoms with E-state index in [0.29, 0.717) is 6.04 Å². The Hall–Kier alpha value is -0.0500. The number of halogens is 2. The van der Waals surface area contributed by atoms with Gasteiger partial charge in [0.2, 0.25) is 0 Å². The van der Waals surface area contributed by atoms with Gasteiger partial charge in [-0.2, -0.15) is 0 Å². The molecule has 16 heavy (non-hydrogen) atoms. The van der Waals surface area contributed by atoms with E-state index in [1.807, 2.05) is 6.07 Å². The molecule has 0 bridgehead atoms. The van der Waals surface area contributed by atoms with Gasteiger partial charge in [0.1, 0.15) is 0 Å². The van der Waals surface area contributed by atoms with Gasteiger partial charge in [-0.25, -0.2) is 0 Å². The summed E-state index contributed by atoms with van der Waals surface area (Å²) in [5.41, 5.74) is 1.25. The Morgan fingerprint density at radius 1 is 1.50 bits per heavy atom. The Bertz CT molecular complexity index is 363. The molecular weight excluding hydrogens is 286 g/mol. The van der Waals surface area contributed by atoms with Gasteiger partial charge in [-0.05, 0) is 43.0 Å². The van der Waals surface area contributed by atoms with E-state index in [4.69, 9.17) is 11.6 Å². The van der Waals surface area contributed by atoms with Crippen LogP contribution in [0.1, 0.15) is 37.8 Å². The number of hydrogen-bond acceptors (Lipinski definition) is 1. The van der Waals surface area contributed by atoms with Crippen LogP contribution < -0.4 is 5.32 Å². The highest BCUT2D eigenvalue weighted by Crippen LogP contribution is 2.40. The fourth-order valence-corrected chi connectivity index (χ4v) is 3.07. The molecule has 2 rings (SSSR count). The molecule has 0 saturated heterocycles. The van der Waals surface area contributed by atoms with Crippen LogP contribution in [0.25, 0.3) is 0 Å². The molecule has 3 heteroatoms. The molecule has 0 radical (unpaired) electrons. The van der Waals surface area contributed by atoms with E-state index in [1.165, 1.54) is 24.8 Å². The molecule has 1 fully saturated rings. The van der Waals surface area contributed by atoms with Gasteiger partial charge >= 0.3 is 0 Å². The molecule has 88 valence electrons. The van der Waals surface area contributed by atoms with Gasteiger partial charge in [-0.15, -0.1) is 0 Å². The molecule has 0 spiro atoms. The lowest BCUT2D eigenvalue weighted by Crippen LogP contribution is -2.32. The van der Waals surface area contributed by atoms with Crippen molar-refractivity contribution in [3.05, 3.63) is 33.3 Å². The molecule has 1 nitrogen and oxygen atoms in total. The summed E-state index contributed by atoms with van der Waals surface area (Å²) >= 11 is 9.76. The number of rotatable bonds is 4. The van der Waals surface area contributed by atoms with Crippen LogP contribution in [-0.2, 0) is 0 Å². The molecule has 1 aromatic carbocycles. The van der Waals surface area contributed by atoms with E-state index in [1.54, 1.807) is 0 Å². The van der Waals surface area contributed by atoms with Crippen molar-refractivity contribution in [1.29, 1.82) is 0 Å². The van der Waals surface area contributed by atoms with E-state index in [0.717, 1.165) is 22.0 Å². The van der Waals surface area contributed by atoms with Gasteiger partial charge in [0.15, 0.2) is 0 Å². The van der Waals surface area contributed by atoms with Crippen molar-refractivity contribution in [2.75, 3.05) is 6.54 Å². The molecule has 1 unspecified atom stereocenters. The summed E-state index contributed by atoms with van der Waals surface area (Å²) < 4.78 is 1.05. The number of nitrogens with one attached hydrogen (secondary N) is 1. The van der Waals surface area contributed by atoms with E-state index in [2.05, 4.69) is 40.3 Å². The number of benzene rings is 1. The first-order chi connectivity index (χ1) is 7.72. The smallest absolute Gasteiger partial charge is 0.0465 e. The van der Waals surface area contributed by atoms with Crippen LogP contribution in [-0.4, -0.2) is 6.54 Å². The van der Waals surface area contributed by atoms with Crippen molar-refractivity contribution >= 4 is 27.5 Å². The summed E-state index contributed by atoms with van der Waals surface area (Å²) in [4.78, 5) is 0. The Morgan fingerprint density at radius 3 is 2.75 bits per heavy atom. The largest absolute Gasteiger partial charge is 0.310 e. The first kappa shape index (κ1) is 12.4. The summed E-state index contributed by atoms with van der Waals surface area (Å²) in [7, 11) is 0. The third-order valence-corrected chi connectivity index (χ3v) is 4.16. The van der Waals surface area contributed by atoms with Gasteiger partial charge in [0.05, 0.1) is 0 Å². The standard InChI is InChI=1S/C13H17BrClN/c1-2-16-13(9-4-3-5-9)11-7-6-10(14)8-12(11)15/h6-9,13,16H,2-5H2,1H3. The lowest BCUT2D eigenvalue weighted by molar-refractivity contribution is 0.233. The molecule has 0 heterocycles. The first-order valence-corrected chi connectivity index (χ1v) is 7.07. The highest BCUT2D eigenvalue weighted by molar-refractivity contribution is 9.10. The molecular formula is C13H17BrClN. The molecule has 1 aliphatic carbocycles. The Labute approximate surface area is 111 Å². The van der Waals surface area contributed by atoms with Crippen LogP contribution in [0.5, 0.6) is 0 Å². The monoisotopic (exact) mass is 301 g/mol. The number of hydrogen-bond donors (Lipinski definition) is 1. The van der Waals surface area contributed by atoms with Crippen molar-refractivity contribution in [3.8, 4) is 0 Å². The van der Waals surface area contributed by atoms with Gasteiger partial charge in [-0.1, -0.05) is 46.9 Å². The van der Waals surface area contributed by atoms with Gasteiger partial charge in [0, 0.05) is 15.5 Å². The Kier molecular flexibility index (Phi) is 4.28. The summed E-state index contributed by atoms with van der Waals surface area (Å²) in [6.45, 7) is 3.14. The zero-order chi connectivity index (χ0) is 11.5. The van der Waals surface area contributed by atoms with Gasteiger partial charge in [0.25, 0.3) is 0 Å². The van der Waals surface area contributed by atoms with Crippen molar-refractivity contribution < 1.29 is 0 Å². The highest BCUT2D eigenvalue weighted by atomic mass is 79.9. The topological polar surface area (TPSA) is 12.0 Å². The van der Waals surface area contributed by atoms with E-state index in [9.17, 15) is 0 Å². The summed E-state index contributed by atoms with van der Waals surface area (Å²) in [5.74, 6) is 0.763. The second-order valence-electron chi connectivity index (χ2n) is 4.39. The second kappa shape index (κ2) is 5.52. The van der Waals surface area contributed by atoms with E-state index in [-0.39, 0.29) is 0 Å². The minimum absolute atomic E-state index is 0.430. The average molecular weight is 303 g/mol. The third-order valence-electron chi connectivity index (χ3n) is 3.34. The van der Waals surface area contributed by atoms with Crippen LogP contribution in [0.3, 0.4) is 0 Å². The van der Waals surface area contributed by atoms with E-state index >= 15 is 0 Å². The lowest BCUT2D eigenvalue weighted by atomic mass is 9.77. The Morgan fingerprint density at radius 2 is 2.25 bits per heavy atom. The molecule has 0 aromatic heterocycles. The van der Waals surface area contributed by atoms with Crippen LogP contribution in [0.4, 0.5) is 0 Å². The maximum Gasteiger partial charge on any atom is 0.0465 e. The summed E-state index contributed by atoms with van der Waals surface area (Å²) in [5, 5.41) is 4.43. The Balaban J connectivity index is 2.23. The van der Waals surface area contributed by atoms with E-state index < -0.39 is 0 Å². The molecule has 0 amide bonds. The molecule has 1 aromatic rings. The minimum atomic E-state index is 0.430. The molecule has 0 aliphatic heterocycles. The van der Waals surface area contributed by atoms with Crippen LogP contribution in [0.2, 0.25) is 5.02 Å². The van der Waals surface area contributed by atoms with Crippen LogP contribution in [0, 0.1) is 5.92 Å². The normalized spacial score (nSPS) is 18.2. The average Bonchev–Trinajstić information content (AvgIpc) is 2.14. The highest BCUT2D eigenvalue weighted by Gasteiger charge is 2.28. The van der Waals surface area contributed by atoms with Crippen LogP contribution >= 0.6 is 27.5 Å². The van der Waals surface area contributed by atoms with Crippen LogP contribution in [0.15, 0.2) is 22.7 Å². The van der Waals surface area contributed by atoms with Gasteiger partial charge in [-0.3, -0.25) is 0 Å². The fraction of sp³-hybridized carbons (Fsp3) is 0.538. The SMILES string of the molecule is CCNC(c1ccc(Br)cc1Cl)C1CCC1. The zero-order valence-corrected chi connectivity index (χ0v) is 11.8. The molecule has 1 N–H and O–H groups in total. The first-order valence-electron chi connectivity index (χ1n) is 5.90. The molecule has 1 saturated carbocycles.